The summed E-state index contributed by atoms with van der Waals surface area (Å²) in [5.41, 5.74) is 0. The lowest BCUT2D eigenvalue weighted by molar-refractivity contribution is -0.147. The number of carbonyl (C=O) groups is 2. The van der Waals surface area contributed by atoms with E-state index in [1.54, 1.807) is 6.92 Å². The molecule has 0 aliphatic carbocycles. The lowest BCUT2D eigenvalue weighted by Crippen LogP contribution is -2.39. The van der Waals surface area contributed by atoms with Crippen LogP contribution in [0.25, 0.3) is 0 Å². The van der Waals surface area contributed by atoms with Crippen molar-refractivity contribution < 1.29 is 14.3 Å². The number of rotatable bonds is 17. The third kappa shape index (κ3) is 16.2. The molecule has 4 heteroatoms. The Morgan fingerprint density at radius 2 is 1.24 bits per heavy atom. The lowest BCUT2D eigenvalue weighted by Gasteiger charge is -2.13. The Labute approximate surface area is 155 Å². The highest BCUT2D eigenvalue weighted by Crippen LogP contribution is 2.08. The number of amides is 1. The second-order valence-corrected chi connectivity index (χ2v) is 7.10. The molecule has 0 saturated carbocycles. The van der Waals surface area contributed by atoms with Crippen LogP contribution in [-0.4, -0.2) is 24.5 Å². The molecule has 0 aromatic heterocycles. The van der Waals surface area contributed by atoms with Crippen LogP contribution < -0.4 is 5.32 Å². The molecule has 0 unspecified atom stereocenters. The maximum absolute atomic E-state index is 11.9. The molecule has 0 aliphatic rings. The summed E-state index contributed by atoms with van der Waals surface area (Å²) < 4.78 is 5.25. The van der Waals surface area contributed by atoms with Crippen LogP contribution in [0.2, 0.25) is 0 Å². The Morgan fingerprint density at radius 1 is 0.760 bits per heavy atom. The minimum absolute atomic E-state index is 0.0455. The molecule has 0 saturated heterocycles. The Morgan fingerprint density at radius 3 is 1.80 bits per heavy atom. The largest absolute Gasteiger partial charge is 0.464 e. The highest BCUT2D eigenvalue weighted by Gasteiger charge is 2.16. The van der Waals surface area contributed by atoms with E-state index in [0.717, 1.165) is 25.7 Å². The summed E-state index contributed by atoms with van der Waals surface area (Å²) in [5, 5.41) is 2.74. The van der Waals surface area contributed by atoms with Crippen LogP contribution >= 0.6 is 0 Å². The normalized spacial score (nSPS) is 12.0. The highest BCUT2D eigenvalue weighted by molar-refractivity contribution is 5.84. The Balaban J connectivity index is 3.55. The van der Waals surface area contributed by atoms with Crippen LogP contribution in [0.3, 0.4) is 0 Å². The summed E-state index contributed by atoms with van der Waals surface area (Å²) in [6, 6.07) is -0.544. The molecule has 148 valence electrons. The number of hydrogen-bond donors (Lipinski definition) is 1. The lowest BCUT2D eigenvalue weighted by atomic mass is 10.1. The van der Waals surface area contributed by atoms with Crippen molar-refractivity contribution in [1.82, 2.24) is 5.32 Å². The Hall–Kier alpha value is -1.06. The summed E-state index contributed by atoms with van der Waals surface area (Å²) in [7, 11) is 0. The van der Waals surface area contributed by atoms with Crippen molar-refractivity contribution in [2.75, 3.05) is 6.61 Å². The average molecular weight is 356 g/mol. The number of carbonyl (C=O) groups excluding carboxylic acids is 2. The first-order valence-electron chi connectivity index (χ1n) is 10.6. The van der Waals surface area contributed by atoms with Crippen LogP contribution in [0.15, 0.2) is 0 Å². The monoisotopic (exact) mass is 355 g/mol. The predicted octanol–water partition coefficient (Wildman–Crippen LogP) is 5.54. The van der Waals surface area contributed by atoms with Crippen molar-refractivity contribution in [2.24, 2.45) is 0 Å². The smallest absolute Gasteiger partial charge is 0.328 e. The van der Waals surface area contributed by atoms with E-state index in [1.165, 1.54) is 57.8 Å². The molecule has 25 heavy (non-hydrogen) atoms. The molecule has 4 nitrogen and oxygen atoms in total. The zero-order valence-corrected chi connectivity index (χ0v) is 16.9. The van der Waals surface area contributed by atoms with E-state index in [2.05, 4.69) is 19.2 Å². The van der Waals surface area contributed by atoms with Gasteiger partial charge in [0.25, 0.3) is 0 Å². The van der Waals surface area contributed by atoms with Gasteiger partial charge in [-0.05, 0) is 19.8 Å². The first-order chi connectivity index (χ1) is 12.1. The molecule has 0 heterocycles. The standard InChI is InChI=1S/C21H41NO3/c1-4-6-8-10-12-14-16-18-25-21(24)19(3)22-20(23)17-15-13-11-9-7-5-2/h19H,4-18H2,1-3H3,(H,22,23)/t19-/m0/s1. The van der Waals surface area contributed by atoms with Gasteiger partial charge in [-0.25, -0.2) is 4.79 Å². The third-order valence-corrected chi connectivity index (χ3v) is 4.48. The number of nitrogens with one attached hydrogen (secondary N) is 1. The number of ether oxygens (including phenoxy) is 1. The van der Waals surface area contributed by atoms with Crippen molar-refractivity contribution in [3.8, 4) is 0 Å². The molecular weight excluding hydrogens is 314 g/mol. The summed E-state index contributed by atoms with van der Waals surface area (Å²) in [4.78, 5) is 23.7. The van der Waals surface area contributed by atoms with Crippen LogP contribution in [0, 0.1) is 0 Å². The zero-order valence-electron chi connectivity index (χ0n) is 16.9. The maximum Gasteiger partial charge on any atom is 0.328 e. The second-order valence-electron chi connectivity index (χ2n) is 7.10. The Bertz CT molecular complexity index is 331. The van der Waals surface area contributed by atoms with Gasteiger partial charge in [-0.2, -0.15) is 0 Å². The van der Waals surface area contributed by atoms with E-state index in [4.69, 9.17) is 4.74 Å². The van der Waals surface area contributed by atoms with Gasteiger partial charge in [0.05, 0.1) is 6.61 Å². The van der Waals surface area contributed by atoms with Gasteiger partial charge >= 0.3 is 5.97 Å². The summed E-state index contributed by atoms with van der Waals surface area (Å²) in [6.45, 7) is 6.57. The summed E-state index contributed by atoms with van der Waals surface area (Å²) >= 11 is 0. The molecule has 0 aromatic carbocycles. The minimum Gasteiger partial charge on any atom is -0.464 e. The quantitative estimate of drug-likeness (QED) is 0.275. The first kappa shape index (κ1) is 23.9. The fourth-order valence-electron chi connectivity index (χ4n) is 2.80. The number of unbranched alkanes of at least 4 members (excludes halogenated alkanes) is 11. The predicted molar refractivity (Wildman–Crippen MR) is 105 cm³/mol. The van der Waals surface area contributed by atoms with E-state index in [1.807, 2.05) is 0 Å². The molecule has 1 atom stereocenters. The van der Waals surface area contributed by atoms with Gasteiger partial charge in [0.1, 0.15) is 6.04 Å². The maximum atomic E-state index is 11.9. The Kier molecular flexibility index (Phi) is 17.0. The van der Waals surface area contributed by atoms with E-state index >= 15 is 0 Å². The van der Waals surface area contributed by atoms with Crippen molar-refractivity contribution in [2.45, 2.75) is 117 Å². The van der Waals surface area contributed by atoms with Gasteiger partial charge in [-0.1, -0.05) is 84.5 Å². The minimum atomic E-state index is -0.544. The summed E-state index contributed by atoms with van der Waals surface area (Å²) in [6.07, 6.45) is 15.8. The van der Waals surface area contributed by atoms with Gasteiger partial charge in [0.2, 0.25) is 5.91 Å². The van der Waals surface area contributed by atoms with Crippen molar-refractivity contribution in [3.05, 3.63) is 0 Å². The molecule has 0 fully saturated rings. The summed E-state index contributed by atoms with van der Waals surface area (Å²) in [5.74, 6) is -0.363. The van der Waals surface area contributed by atoms with Crippen molar-refractivity contribution >= 4 is 11.9 Å². The van der Waals surface area contributed by atoms with Crippen molar-refractivity contribution in [3.63, 3.8) is 0 Å². The van der Waals surface area contributed by atoms with E-state index in [0.29, 0.717) is 13.0 Å². The van der Waals surface area contributed by atoms with Crippen LogP contribution in [0.5, 0.6) is 0 Å². The molecule has 0 aromatic rings. The molecule has 1 N–H and O–H groups in total. The van der Waals surface area contributed by atoms with Crippen LogP contribution in [0.1, 0.15) is 111 Å². The van der Waals surface area contributed by atoms with E-state index in [-0.39, 0.29) is 11.9 Å². The van der Waals surface area contributed by atoms with Crippen LogP contribution in [0.4, 0.5) is 0 Å². The van der Waals surface area contributed by atoms with Gasteiger partial charge < -0.3 is 10.1 Å². The molecule has 1 amide bonds. The topological polar surface area (TPSA) is 55.4 Å². The SMILES string of the molecule is CCCCCCCCCOC(=O)[C@H](C)NC(=O)CCCCCCCC. The number of esters is 1. The van der Waals surface area contributed by atoms with Gasteiger partial charge in [-0.3, -0.25) is 4.79 Å². The second kappa shape index (κ2) is 17.8. The molecule has 0 radical (unpaired) electrons. The average Bonchev–Trinajstić information content (AvgIpc) is 2.60. The van der Waals surface area contributed by atoms with E-state index < -0.39 is 6.04 Å². The van der Waals surface area contributed by atoms with Crippen LogP contribution in [-0.2, 0) is 14.3 Å². The molecule has 0 spiro atoms. The molecule has 0 bridgehead atoms. The van der Waals surface area contributed by atoms with Gasteiger partial charge in [0, 0.05) is 6.42 Å². The fraction of sp³-hybridized carbons (Fsp3) is 0.905. The van der Waals surface area contributed by atoms with Gasteiger partial charge in [0.15, 0.2) is 0 Å². The van der Waals surface area contributed by atoms with Gasteiger partial charge in [-0.15, -0.1) is 0 Å². The number of hydrogen-bond acceptors (Lipinski definition) is 3. The molecule has 0 rings (SSSR count). The highest BCUT2D eigenvalue weighted by atomic mass is 16.5. The van der Waals surface area contributed by atoms with Crippen molar-refractivity contribution in [1.29, 1.82) is 0 Å². The third-order valence-electron chi connectivity index (χ3n) is 4.48. The molecular formula is C21H41NO3. The fourth-order valence-corrected chi connectivity index (χ4v) is 2.80. The van der Waals surface area contributed by atoms with E-state index in [9.17, 15) is 9.59 Å². The first-order valence-corrected chi connectivity index (χ1v) is 10.6. The molecule has 0 aliphatic heterocycles. The zero-order chi connectivity index (χ0) is 18.8.